The maximum atomic E-state index is 12.7. The molecule has 0 aliphatic carbocycles. The van der Waals surface area contributed by atoms with Crippen LogP contribution >= 0.6 is 0 Å². The van der Waals surface area contributed by atoms with E-state index in [4.69, 9.17) is 14.2 Å². The average molecular weight is 775 g/mol. The molecule has 0 amide bonds. The van der Waals surface area contributed by atoms with Gasteiger partial charge in [0.25, 0.3) is 0 Å². The Morgan fingerprint density at radius 1 is 0.375 bits per heavy atom. The number of hydrogen-bond donors (Lipinski definition) is 0. The SMILES string of the molecule is CC\C=C/C=C\C=C/C=C\C=C\C=C/C=C\CCCCCC(=O)OCC(COC(=O)CCC/C=C\CCCCCC)OC(=O)CCCCCC/C=C\CCCC. The van der Waals surface area contributed by atoms with Crippen molar-refractivity contribution in [1.82, 2.24) is 0 Å². The van der Waals surface area contributed by atoms with Crippen molar-refractivity contribution in [3.05, 3.63) is 109 Å². The van der Waals surface area contributed by atoms with E-state index in [0.717, 1.165) is 83.5 Å². The second kappa shape index (κ2) is 43.8. The van der Waals surface area contributed by atoms with Gasteiger partial charge in [0.2, 0.25) is 0 Å². The summed E-state index contributed by atoms with van der Waals surface area (Å²) in [6.45, 7) is 6.29. The van der Waals surface area contributed by atoms with E-state index in [-0.39, 0.29) is 31.1 Å². The van der Waals surface area contributed by atoms with Crippen molar-refractivity contribution in [2.75, 3.05) is 13.2 Å². The van der Waals surface area contributed by atoms with Gasteiger partial charge in [-0.25, -0.2) is 0 Å². The Kier molecular flexibility index (Phi) is 40.7. The number of rotatable bonds is 37. The van der Waals surface area contributed by atoms with Crippen LogP contribution < -0.4 is 0 Å². The largest absolute Gasteiger partial charge is 0.462 e. The molecule has 0 rings (SSSR count). The lowest BCUT2D eigenvalue weighted by Gasteiger charge is -2.18. The standard InChI is InChI=1S/C50H78O6/c1-4-7-10-13-16-19-21-22-23-24-25-26-27-28-29-32-34-37-40-43-49(52)55-46-47(45-54-48(51)42-39-36-33-30-18-15-12-9-6-3)56-50(53)44-41-38-35-31-20-17-14-11-8-5-2/h7,10,13-14,16-17,19,21-30,33,47H,4-6,8-9,11-12,15,18,20,31-32,34-46H2,1-3H3/b10-7-,16-13-,17-14-,21-19-,23-22-,25-24+,27-26-,29-28-,33-30-. The molecule has 0 aromatic carbocycles. The highest BCUT2D eigenvalue weighted by Crippen LogP contribution is 2.11. The second-order valence-electron chi connectivity index (χ2n) is 14.0. The Morgan fingerprint density at radius 3 is 1.27 bits per heavy atom. The van der Waals surface area contributed by atoms with E-state index in [1.165, 1.54) is 38.5 Å². The summed E-state index contributed by atoms with van der Waals surface area (Å²) < 4.78 is 16.6. The number of ether oxygens (including phenoxy) is 3. The lowest BCUT2D eigenvalue weighted by Crippen LogP contribution is -2.30. The molecular formula is C50H78O6. The second-order valence-corrected chi connectivity index (χ2v) is 14.0. The molecule has 0 aliphatic rings. The van der Waals surface area contributed by atoms with E-state index in [0.29, 0.717) is 25.7 Å². The van der Waals surface area contributed by atoms with E-state index in [1.807, 2.05) is 72.9 Å². The number of carbonyl (C=O) groups excluding carboxylic acids is 3. The first kappa shape index (κ1) is 52.1. The van der Waals surface area contributed by atoms with Crippen molar-refractivity contribution < 1.29 is 28.6 Å². The minimum atomic E-state index is -0.812. The van der Waals surface area contributed by atoms with Crippen LogP contribution in [0.5, 0.6) is 0 Å². The molecule has 0 bridgehead atoms. The third-order valence-electron chi connectivity index (χ3n) is 8.68. The van der Waals surface area contributed by atoms with Crippen LogP contribution in [0.3, 0.4) is 0 Å². The van der Waals surface area contributed by atoms with Crippen LogP contribution in [0.15, 0.2) is 109 Å². The zero-order valence-electron chi connectivity index (χ0n) is 35.6. The van der Waals surface area contributed by atoms with Gasteiger partial charge in [-0.1, -0.05) is 182 Å². The molecule has 0 aliphatic heterocycles. The fourth-order valence-electron chi connectivity index (χ4n) is 5.35. The number of unbranched alkanes of at least 4 members (excludes halogenated alkanes) is 14. The van der Waals surface area contributed by atoms with E-state index < -0.39 is 6.10 Å². The molecule has 0 aromatic rings. The van der Waals surface area contributed by atoms with Crippen LogP contribution in [0.2, 0.25) is 0 Å². The first-order chi connectivity index (χ1) is 27.5. The minimum absolute atomic E-state index is 0.116. The lowest BCUT2D eigenvalue weighted by molar-refractivity contribution is -0.167. The molecule has 0 saturated heterocycles. The summed E-state index contributed by atoms with van der Waals surface area (Å²) >= 11 is 0. The van der Waals surface area contributed by atoms with Gasteiger partial charge in [0.1, 0.15) is 13.2 Å². The van der Waals surface area contributed by atoms with Crippen molar-refractivity contribution in [2.24, 2.45) is 0 Å². The quantitative estimate of drug-likeness (QED) is 0.0206. The van der Waals surface area contributed by atoms with Gasteiger partial charge in [0.05, 0.1) is 0 Å². The molecule has 0 N–H and O–H groups in total. The van der Waals surface area contributed by atoms with Gasteiger partial charge in [-0.2, -0.15) is 0 Å². The highest BCUT2D eigenvalue weighted by Gasteiger charge is 2.19. The Bertz CT molecular complexity index is 1210. The predicted molar refractivity (Wildman–Crippen MR) is 237 cm³/mol. The van der Waals surface area contributed by atoms with Gasteiger partial charge >= 0.3 is 17.9 Å². The maximum Gasteiger partial charge on any atom is 0.306 e. The van der Waals surface area contributed by atoms with Crippen molar-refractivity contribution in [3.8, 4) is 0 Å². The zero-order chi connectivity index (χ0) is 40.8. The summed E-state index contributed by atoms with van der Waals surface area (Å²) in [5, 5.41) is 0. The van der Waals surface area contributed by atoms with Crippen LogP contribution in [0, 0.1) is 0 Å². The highest BCUT2D eigenvalue weighted by molar-refractivity contribution is 5.71. The Morgan fingerprint density at radius 2 is 0.750 bits per heavy atom. The molecule has 56 heavy (non-hydrogen) atoms. The van der Waals surface area contributed by atoms with Crippen LogP contribution in [-0.4, -0.2) is 37.2 Å². The first-order valence-electron chi connectivity index (χ1n) is 22.0. The molecule has 0 saturated carbocycles. The molecular weight excluding hydrogens is 697 g/mol. The van der Waals surface area contributed by atoms with Crippen LogP contribution in [0.25, 0.3) is 0 Å². The third kappa shape index (κ3) is 41.2. The summed E-state index contributed by atoms with van der Waals surface area (Å²) in [6, 6.07) is 0. The first-order valence-corrected chi connectivity index (χ1v) is 22.0. The summed E-state index contributed by atoms with van der Waals surface area (Å²) in [5.74, 6) is -1.02. The topological polar surface area (TPSA) is 78.9 Å². The summed E-state index contributed by atoms with van der Waals surface area (Å²) in [6.07, 6.45) is 57.9. The van der Waals surface area contributed by atoms with Crippen molar-refractivity contribution in [2.45, 2.75) is 175 Å². The maximum absolute atomic E-state index is 12.7. The summed E-state index contributed by atoms with van der Waals surface area (Å²) in [5.41, 5.74) is 0. The van der Waals surface area contributed by atoms with Crippen LogP contribution in [-0.2, 0) is 28.6 Å². The number of hydrogen-bond acceptors (Lipinski definition) is 6. The molecule has 0 spiro atoms. The van der Waals surface area contributed by atoms with E-state index in [2.05, 4.69) is 57.2 Å². The fraction of sp³-hybridized carbons (Fsp3) is 0.580. The molecule has 0 radical (unpaired) electrons. The molecule has 6 heteroatoms. The van der Waals surface area contributed by atoms with Crippen molar-refractivity contribution in [1.29, 1.82) is 0 Å². The van der Waals surface area contributed by atoms with E-state index in [9.17, 15) is 14.4 Å². The van der Waals surface area contributed by atoms with Gasteiger partial charge in [-0.3, -0.25) is 14.4 Å². The Hall–Kier alpha value is -3.93. The Labute approximate surface area is 342 Å². The molecule has 314 valence electrons. The van der Waals surface area contributed by atoms with Crippen LogP contribution in [0.1, 0.15) is 168 Å². The third-order valence-corrected chi connectivity index (χ3v) is 8.68. The molecule has 1 unspecified atom stereocenters. The van der Waals surface area contributed by atoms with Gasteiger partial charge in [0, 0.05) is 19.3 Å². The van der Waals surface area contributed by atoms with Gasteiger partial charge in [-0.05, 0) is 77.0 Å². The van der Waals surface area contributed by atoms with Gasteiger partial charge < -0.3 is 14.2 Å². The normalized spacial score (nSPS) is 13.1. The van der Waals surface area contributed by atoms with Crippen molar-refractivity contribution in [3.63, 3.8) is 0 Å². The number of esters is 3. The van der Waals surface area contributed by atoms with Gasteiger partial charge in [-0.15, -0.1) is 0 Å². The lowest BCUT2D eigenvalue weighted by atomic mass is 10.1. The monoisotopic (exact) mass is 775 g/mol. The highest BCUT2D eigenvalue weighted by atomic mass is 16.6. The molecule has 6 nitrogen and oxygen atoms in total. The van der Waals surface area contributed by atoms with Crippen LogP contribution in [0.4, 0.5) is 0 Å². The fourth-order valence-corrected chi connectivity index (χ4v) is 5.35. The van der Waals surface area contributed by atoms with Crippen molar-refractivity contribution >= 4 is 17.9 Å². The number of allylic oxidation sites excluding steroid dienone is 18. The smallest absolute Gasteiger partial charge is 0.306 e. The van der Waals surface area contributed by atoms with E-state index in [1.54, 1.807) is 0 Å². The molecule has 0 fully saturated rings. The summed E-state index contributed by atoms with van der Waals surface area (Å²) in [4.78, 5) is 37.6. The number of carbonyl (C=O) groups is 3. The molecule has 1 atom stereocenters. The van der Waals surface area contributed by atoms with E-state index >= 15 is 0 Å². The minimum Gasteiger partial charge on any atom is -0.462 e. The zero-order valence-corrected chi connectivity index (χ0v) is 35.6. The van der Waals surface area contributed by atoms with Gasteiger partial charge in [0.15, 0.2) is 6.10 Å². The molecule has 0 aromatic heterocycles. The predicted octanol–water partition coefficient (Wildman–Crippen LogP) is 14.0. The molecule has 0 heterocycles. The Balaban J connectivity index is 4.50. The average Bonchev–Trinajstić information content (AvgIpc) is 3.19. The summed E-state index contributed by atoms with van der Waals surface area (Å²) in [7, 11) is 0.